The second-order valence-corrected chi connectivity index (χ2v) is 11.5. The van der Waals surface area contributed by atoms with Crippen LogP contribution in [0.4, 0.5) is 8.78 Å². The first-order valence-corrected chi connectivity index (χ1v) is 14.8. The van der Waals surface area contributed by atoms with E-state index in [1.54, 1.807) is 24.3 Å². The van der Waals surface area contributed by atoms with E-state index >= 15 is 0 Å². The minimum atomic E-state index is -0.694. The van der Waals surface area contributed by atoms with Crippen LogP contribution in [-0.4, -0.2) is 59.3 Å². The summed E-state index contributed by atoms with van der Waals surface area (Å²) in [6.45, 7) is 5.76. The van der Waals surface area contributed by atoms with Crippen molar-refractivity contribution >= 4 is 0 Å². The van der Waals surface area contributed by atoms with E-state index in [0.717, 1.165) is 63.2 Å². The Labute approximate surface area is 227 Å². The quantitative estimate of drug-likeness (QED) is 0.350. The highest BCUT2D eigenvalue weighted by molar-refractivity contribution is 5.20. The summed E-state index contributed by atoms with van der Waals surface area (Å²) < 4.78 is 27.2. The molecule has 0 radical (unpaired) electrons. The van der Waals surface area contributed by atoms with Gasteiger partial charge in [0, 0.05) is 24.9 Å². The third-order valence-electron chi connectivity index (χ3n) is 8.61. The summed E-state index contributed by atoms with van der Waals surface area (Å²) in [4.78, 5) is 4.95. The molecule has 0 saturated carbocycles. The number of hydrogen-bond donors (Lipinski definition) is 2. The molecule has 0 aromatic heterocycles. The van der Waals surface area contributed by atoms with Crippen LogP contribution in [0, 0.1) is 23.5 Å². The fraction of sp³-hybridized carbons (Fsp3) is 0.625. The van der Waals surface area contributed by atoms with Gasteiger partial charge in [0.25, 0.3) is 0 Å². The minimum Gasteiger partial charge on any atom is -0.388 e. The molecule has 2 saturated heterocycles. The number of nitrogens with zero attached hydrogens (tertiary/aromatic N) is 2. The summed E-state index contributed by atoms with van der Waals surface area (Å²) in [6, 6.07) is 12.4. The second-order valence-electron chi connectivity index (χ2n) is 11.5. The van der Waals surface area contributed by atoms with Crippen molar-refractivity contribution in [2.24, 2.45) is 11.8 Å². The molecule has 4 atom stereocenters. The van der Waals surface area contributed by atoms with E-state index in [-0.39, 0.29) is 23.5 Å². The van der Waals surface area contributed by atoms with E-state index in [4.69, 9.17) is 0 Å². The maximum Gasteiger partial charge on any atom is 0.123 e. The molecule has 4 rings (SSSR count). The van der Waals surface area contributed by atoms with Crippen molar-refractivity contribution in [2.45, 2.75) is 76.4 Å². The summed E-state index contributed by atoms with van der Waals surface area (Å²) >= 11 is 0. The van der Waals surface area contributed by atoms with Gasteiger partial charge in [0.15, 0.2) is 0 Å². The van der Waals surface area contributed by atoms with Crippen LogP contribution in [0.15, 0.2) is 48.5 Å². The second kappa shape index (κ2) is 15.1. The Morgan fingerprint density at radius 3 is 1.16 bits per heavy atom. The van der Waals surface area contributed by atoms with Crippen LogP contribution >= 0.6 is 0 Å². The molecule has 2 aromatic rings. The van der Waals surface area contributed by atoms with Crippen LogP contribution in [0.1, 0.15) is 87.5 Å². The molecule has 0 amide bonds. The lowest BCUT2D eigenvalue weighted by molar-refractivity contribution is 0.0449. The number of aliphatic hydroxyl groups excluding tert-OH is 2. The summed E-state index contributed by atoms with van der Waals surface area (Å²) in [6.07, 6.45) is 9.86. The number of benzene rings is 2. The predicted molar refractivity (Wildman–Crippen MR) is 149 cm³/mol. The third kappa shape index (κ3) is 8.84. The Kier molecular flexibility index (Phi) is 11.5. The molecule has 2 fully saturated rings. The molecule has 0 bridgehead atoms. The average molecular weight is 529 g/mol. The molecule has 0 unspecified atom stereocenters. The van der Waals surface area contributed by atoms with Gasteiger partial charge in [0.05, 0.1) is 12.2 Å². The monoisotopic (exact) mass is 528 g/mol. The van der Waals surface area contributed by atoms with Crippen molar-refractivity contribution in [2.75, 3.05) is 39.3 Å². The number of likely N-dealkylation sites (tertiary alicyclic amines) is 2. The lowest BCUT2D eigenvalue weighted by atomic mass is 9.84. The lowest BCUT2D eigenvalue weighted by Gasteiger charge is -2.33. The smallest absolute Gasteiger partial charge is 0.123 e. The van der Waals surface area contributed by atoms with Gasteiger partial charge < -0.3 is 20.0 Å². The average Bonchev–Trinajstić information content (AvgIpc) is 3.35. The normalized spacial score (nSPS) is 21.3. The van der Waals surface area contributed by atoms with Gasteiger partial charge in [0.2, 0.25) is 0 Å². The standard InChI is InChI=1S/C32H46F2N2O2/c33-29-15-11-25(12-16-29)31(37)27(23-35-19-5-1-2-6-20-35)9-10-28(24-36-21-7-3-4-8-22-36)32(38)26-13-17-30(34)18-14-26/h11-18,27-28,31-32,37-38H,1-10,19-24H2/t27-,28-,31+,32+/m0/s1. The van der Waals surface area contributed by atoms with Crippen LogP contribution < -0.4 is 0 Å². The first kappa shape index (κ1) is 29.1. The van der Waals surface area contributed by atoms with E-state index in [9.17, 15) is 19.0 Å². The van der Waals surface area contributed by atoms with Crippen LogP contribution in [-0.2, 0) is 0 Å². The Morgan fingerprint density at radius 1 is 0.526 bits per heavy atom. The van der Waals surface area contributed by atoms with Gasteiger partial charge in [-0.2, -0.15) is 0 Å². The zero-order valence-electron chi connectivity index (χ0n) is 22.8. The third-order valence-corrected chi connectivity index (χ3v) is 8.61. The first-order valence-electron chi connectivity index (χ1n) is 14.8. The van der Waals surface area contributed by atoms with Gasteiger partial charge in [-0.1, -0.05) is 49.9 Å². The maximum absolute atomic E-state index is 13.6. The fourth-order valence-corrected chi connectivity index (χ4v) is 6.29. The Bertz CT molecular complexity index is 846. The molecule has 2 aliphatic rings. The zero-order chi connectivity index (χ0) is 26.7. The Balaban J connectivity index is 1.51. The van der Waals surface area contributed by atoms with E-state index in [0.29, 0.717) is 0 Å². The molecular weight excluding hydrogens is 482 g/mol. The predicted octanol–water partition coefficient (Wildman–Crippen LogP) is 6.50. The Morgan fingerprint density at radius 2 is 0.842 bits per heavy atom. The van der Waals surface area contributed by atoms with E-state index < -0.39 is 12.2 Å². The van der Waals surface area contributed by atoms with E-state index in [1.807, 2.05) is 0 Å². The van der Waals surface area contributed by atoms with Gasteiger partial charge in [0.1, 0.15) is 11.6 Å². The molecule has 2 aliphatic heterocycles. The molecule has 4 nitrogen and oxygen atoms in total. The highest BCUT2D eigenvalue weighted by atomic mass is 19.1. The van der Waals surface area contributed by atoms with Crippen molar-refractivity contribution in [1.82, 2.24) is 9.80 Å². The number of aliphatic hydroxyl groups is 2. The van der Waals surface area contributed by atoms with Gasteiger partial charge in [-0.05, 0) is 100 Å². The van der Waals surface area contributed by atoms with Crippen LogP contribution in [0.5, 0.6) is 0 Å². The van der Waals surface area contributed by atoms with Crippen molar-refractivity contribution in [3.05, 3.63) is 71.3 Å². The van der Waals surface area contributed by atoms with E-state index in [1.165, 1.54) is 75.6 Å². The highest BCUT2D eigenvalue weighted by Gasteiger charge is 2.29. The van der Waals surface area contributed by atoms with Crippen molar-refractivity contribution in [1.29, 1.82) is 0 Å². The van der Waals surface area contributed by atoms with Crippen LogP contribution in [0.3, 0.4) is 0 Å². The molecule has 6 heteroatoms. The molecular formula is C32H46F2N2O2. The molecule has 2 aromatic carbocycles. The molecule has 0 spiro atoms. The van der Waals surface area contributed by atoms with Gasteiger partial charge >= 0.3 is 0 Å². The zero-order valence-corrected chi connectivity index (χ0v) is 22.8. The number of rotatable bonds is 11. The lowest BCUT2D eigenvalue weighted by Crippen LogP contribution is -2.36. The van der Waals surface area contributed by atoms with Crippen molar-refractivity contribution in [3.63, 3.8) is 0 Å². The minimum absolute atomic E-state index is 0.0226. The summed E-state index contributed by atoms with van der Waals surface area (Å²) in [5.41, 5.74) is 1.49. The number of hydrogen-bond acceptors (Lipinski definition) is 4. The molecule has 2 heterocycles. The van der Waals surface area contributed by atoms with Gasteiger partial charge in [-0.3, -0.25) is 0 Å². The fourth-order valence-electron chi connectivity index (χ4n) is 6.29. The maximum atomic E-state index is 13.6. The molecule has 0 aliphatic carbocycles. The van der Waals surface area contributed by atoms with E-state index in [2.05, 4.69) is 9.80 Å². The van der Waals surface area contributed by atoms with Gasteiger partial charge in [-0.25, -0.2) is 8.78 Å². The SMILES string of the molecule is O[C@H](c1ccc(F)cc1)[C@@H](CC[C@@H](CN1CCCCCC1)[C@H](O)c1ccc(F)cc1)CN1CCCCCC1. The first-order chi connectivity index (χ1) is 18.5. The molecule has 2 N–H and O–H groups in total. The Hall–Kier alpha value is -1.86. The largest absolute Gasteiger partial charge is 0.388 e. The summed E-state index contributed by atoms with van der Waals surface area (Å²) in [5.74, 6) is -0.647. The molecule has 38 heavy (non-hydrogen) atoms. The topological polar surface area (TPSA) is 46.9 Å². The van der Waals surface area contributed by atoms with Crippen LogP contribution in [0.25, 0.3) is 0 Å². The molecule has 210 valence electrons. The highest BCUT2D eigenvalue weighted by Crippen LogP contribution is 2.34. The van der Waals surface area contributed by atoms with Gasteiger partial charge in [-0.15, -0.1) is 0 Å². The summed E-state index contributed by atoms with van der Waals surface area (Å²) in [5, 5.41) is 22.9. The van der Waals surface area contributed by atoms with Crippen molar-refractivity contribution in [3.8, 4) is 0 Å². The number of halogens is 2. The van der Waals surface area contributed by atoms with Crippen LogP contribution in [0.2, 0.25) is 0 Å². The summed E-state index contributed by atoms with van der Waals surface area (Å²) in [7, 11) is 0. The van der Waals surface area contributed by atoms with Crippen molar-refractivity contribution < 1.29 is 19.0 Å².